The Balaban J connectivity index is 3.12. The summed E-state index contributed by atoms with van der Waals surface area (Å²) in [6.07, 6.45) is 0. The highest BCUT2D eigenvalue weighted by atomic mass is 32.2. The van der Waals surface area contributed by atoms with E-state index in [1.807, 2.05) is 0 Å². The van der Waals surface area contributed by atoms with Gasteiger partial charge in [-0.3, -0.25) is 4.79 Å². The zero-order chi connectivity index (χ0) is 10.9. The van der Waals surface area contributed by atoms with Gasteiger partial charge in [-0.05, 0) is 6.92 Å². The van der Waals surface area contributed by atoms with Gasteiger partial charge in [-0.2, -0.15) is 0 Å². The standard InChI is InChI=1S/C6H8N3O3S2/c1-3-5(14(7,11)12)13-6(8-3)9-4(2)10/h7H,1-2H3,(H,8,9,10). The summed E-state index contributed by atoms with van der Waals surface area (Å²) < 4.78 is 21.6. The minimum Gasteiger partial charge on any atom is -0.302 e. The van der Waals surface area contributed by atoms with E-state index in [2.05, 4.69) is 10.3 Å². The number of sulfonamides is 1. The maximum atomic E-state index is 10.9. The third-order valence-electron chi connectivity index (χ3n) is 1.28. The fraction of sp³-hybridized carbons (Fsp3) is 0.333. The molecule has 0 spiro atoms. The molecule has 14 heavy (non-hydrogen) atoms. The number of aromatic nitrogens is 1. The number of aryl methyl sites for hydroxylation is 1. The number of hydrogen-bond acceptors (Lipinski definition) is 5. The Morgan fingerprint density at radius 3 is 2.50 bits per heavy atom. The fourth-order valence-corrected chi connectivity index (χ4v) is 2.69. The number of hydrogen-bond donors (Lipinski definition) is 1. The van der Waals surface area contributed by atoms with Crippen LogP contribution in [0.3, 0.4) is 0 Å². The summed E-state index contributed by atoms with van der Waals surface area (Å²) in [7, 11) is -3.99. The molecule has 8 heteroatoms. The second-order valence-electron chi connectivity index (χ2n) is 2.58. The van der Waals surface area contributed by atoms with Crippen LogP contribution < -0.4 is 10.5 Å². The van der Waals surface area contributed by atoms with Crippen LogP contribution >= 0.6 is 11.3 Å². The molecule has 1 aromatic heterocycles. The van der Waals surface area contributed by atoms with E-state index in [9.17, 15) is 13.2 Å². The number of carbonyl (C=O) groups excluding carboxylic acids is 1. The number of anilines is 1. The predicted octanol–water partition coefficient (Wildman–Crippen LogP) is 0.382. The van der Waals surface area contributed by atoms with E-state index in [0.29, 0.717) is 0 Å². The van der Waals surface area contributed by atoms with Gasteiger partial charge in [0.15, 0.2) is 9.34 Å². The normalized spacial score (nSPS) is 11.4. The van der Waals surface area contributed by atoms with Crippen LogP contribution in [0.5, 0.6) is 0 Å². The summed E-state index contributed by atoms with van der Waals surface area (Å²) in [6.45, 7) is 2.77. The summed E-state index contributed by atoms with van der Waals surface area (Å²) in [6, 6.07) is 0. The van der Waals surface area contributed by atoms with E-state index in [1.165, 1.54) is 13.8 Å². The fourth-order valence-electron chi connectivity index (χ4n) is 0.836. The van der Waals surface area contributed by atoms with Crippen molar-refractivity contribution in [1.29, 1.82) is 0 Å². The third kappa shape index (κ3) is 2.50. The number of amides is 1. The van der Waals surface area contributed by atoms with Crippen molar-refractivity contribution in [2.24, 2.45) is 0 Å². The lowest BCUT2D eigenvalue weighted by Crippen LogP contribution is -2.04. The van der Waals surface area contributed by atoms with Crippen molar-refractivity contribution in [1.82, 2.24) is 10.1 Å². The van der Waals surface area contributed by atoms with E-state index in [4.69, 9.17) is 5.14 Å². The highest BCUT2D eigenvalue weighted by Gasteiger charge is 2.18. The topological polar surface area (TPSA) is 99.9 Å². The summed E-state index contributed by atoms with van der Waals surface area (Å²) in [5.41, 5.74) is 0.230. The van der Waals surface area contributed by atoms with Crippen LogP contribution in [0.4, 0.5) is 5.13 Å². The molecule has 1 radical (unpaired) electrons. The molecule has 0 saturated carbocycles. The molecule has 0 atom stereocenters. The Morgan fingerprint density at radius 1 is 1.57 bits per heavy atom. The molecule has 0 aliphatic heterocycles. The average molecular weight is 234 g/mol. The maximum Gasteiger partial charge on any atom is 0.265 e. The lowest BCUT2D eigenvalue weighted by molar-refractivity contribution is -0.114. The Hall–Kier alpha value is -0.990. The van der Waals surface area contributed by atoms with E-state index >= 15 is 0 Å². The van der Waals surface area contributed by atoms with Crippen molar-refractivity contribution in [2.45, 2.75) is 18.1 Å². The Bertz CT molecular complexity index is 463. The Morgan fingerprint density at radius 2 is 2.14 bits per heavy atom. The van der Waals surface area contributed by atoms with Crippen molar-refractivity contribution < 1.29 is 13.2 Å². The molecule has 0 aliphatic rings. The summed E-state index contributed by atoms with van der Waals surface area (Å²) >= 11 is 0.776. The first-order chi connectivity index (χ1) is 6.30. The van der Waals surface area contributed by atoms with E-state index in [1.54, 1.807) is 0 Å². The predicted molar refractivity (Wildman–Crippen MR) is 51.4 cm³/mol. The zero-order valence-electron chi connectivity index (χ0n) is 7.49. The summed E-state index contributed by atoms with van der Waals surface area (Å²) in [4.78, 5) is 14.4. The van der Waals surface area contributed by atoms with Gasteiger partial charge in [0.05, 0.1) is 5.69 Å². The summed E-state index contributed by atoms with van der Waals surface area (Å²) in [5.74, 6) is -0.326. The van der Waals surface area contributed by atoms with Crippen LogP contribution in [0.2, 0.25) is 0 Å². The number of thiazole rings is 1. The van der Waals surface area contributed by atoms with Crippen LogP contribution in [0.1, 0.15) is 12.6 Å². The molecule has 0 saturated heterocycles. The minimum atomic E-state index is -3.99. The van der Waals surface area contributed by atoms with Gasteiger partial charge >= 0.3 is 0 Å². The number of nitrogens with zero attached hydrogens (tertiary/aromatic N) is 1. The molecule has 77 valence electrons. The molecular formula is C6H8N3O3S2. The first-order valence-corrected chi connectivity index (χ1v) is 5.85. The first-order valence-electron chi connectivity index (χ1n) is 3.55. The van der Waals surface area contributed by atoms with Crippen LogP contribution in [0.15, 0.2) is 4.21 Å². The number of rotatable bonds is 2. The highest BCUT2D eigenvalue weighted by Crippen LogP contribution is 2.26. The monoisotopic (exact) mass is 234 g/mol. The summed E-state index contributed by atoms with van der Waals surface area (Å²) in [5, 5.41) is 9.39. The van der Waals surface area contributed by atoms with Gasteiger partial charge in [0, 0.05) is 6.92 Å². The molecule has 6 nitrogen and oxygen atoms in total. The Kier molecular flexibility index (Phi) is 2.88. The molecule has 0 aromatic carbocycles. The quantitative estimate of drug-likeness (QED) is 0.799. The molecule has 0 fully saturated rings. The van der Waals surface area contributed by atoms with Gasteiger partial charge in [0.1, 0.15) is 0 Å². The van der Waals surface area contributed by atoms with Gasteiger partial charge in [0.2, 0.25) is 5.91 Å². The SMILES string of the molecule is CC(=O)Nc1nc(C)c(S([NH])(=O)=O)s1. The smallest absolute Gasteiger partial charge is 0.265 e. The van der Waals surface area contributed by atoms with Gasteiger partial charge in [-0.25, -0.2) is 13.4 Å². The lowest BCUT2D eigenvalue weighted by Gasteiger charge is -1.91. The largest absolute Gasteiger partial charge is 0.302 e. The maximum absolute atomic E-state index is 10.9. The molecule has 0 aliphatic carbocycles. The van der Waals surface area contributed by atoms with Crippen molar-refractivity contribution in [3.8, 4) is 0 Å². The zero-order valence-corrected chi connectivity index (χ0v) is 9.12. The third-order valence-corrected chi connectivity index (χ3v) is 3.84. The van der Waals surface area contributed by atoms with Crippen molar-refractivity contribution >= 4 is 32.4 Å². The molecular weight excluding hydrogens is 226 g/mol. The van der Waals surface area contributed by atoms with Crippen LogP contribution in [0, 0.1) is 6.92 Å². The van der Waals surface area contributed by atoms with Gasteiger partial charge in [0.25, 0.3) is 10.0 Å². The second-order valence-corrected chi connectivity index (χ2v) is 5.25. The van der Waals surface area contributed by atoms with E-state index in [-0.39, 0.29) is 20.9 Å². The first kappa shape index (κ1) is 11.1. The van der Waals surface area contributed by atoms with Crippen molar-refractivity contribution in [3.63, 3.8) is 0 Å². The van der Waals surface area contributed by atoms with Crippen LogP contribution in [-0.2, 0) is 14.8 Å². The van der Waals surface area contributed by atoms with Crippen molar-refractivity contribution in [3.05, 3.63) is 5.69 Å². The second kappa shape index (κ2) is 3.64. The van der Waals surface area contributed by atoms with Gasteiger partial charge < -0.3 is 5.32 Å². The minimum absolute atomic E-state index is 0.138. The molecule has 0 unspecified atom stereocenters. The molecule has 1 aromatic rings. The molecule has 2 N–H and O–H groups in total. The molecule has 1 heterocycles. The number of carbonyl (C=O) groups is 1. The lowest BCUT2D eigenvalue weighted by atomic mass is 10.6. The number of nitrogens with one attached hydrogen (secondary N) is 2. The molecule has 0 bridgehead atoms. The van der Waals surface area contributed by atoms with E-state index in [0.717, 1.165) is 11.3 Å². The molecule has 1 rings (SSSR count). The highest BCUT2D eigenvalue weighted by molar-refractivity contribution is 7.91. The van der Waals surface area contributed by atoms with Crippen LogP contribution in [0.25, 0.3) is 0 Å². The Labute approximate surface area is 85.2 Å². The van der Waals surface area contributed by atoms with Gasteiger partial charge in [-0.15, -0.1) is 5.14 Å². The van der Waals surface area contributed by atoms with Crippen LogP contribution in [-0.4, -0.2) is 19.3 Å². The average Bonchev–Trinajstić information content (AvgIpc) is 2.27. The van der Waals surface area contributed by atoms with Crippen molar-refractivity contribution in [2.75, 3.05) is 5.32 Å². The molecule has 1 amide bonds. The van der Waals surface area contributed by atoms with Gasteiger partial charge in [-0.1, -0.05) is 11.3 Å². The van der Waals surface area contributed by atoms with E-state index < -0.39 is 10.0 Å².